The van der Waals surface area contributed by atoms with E-state index in [4.69, 9.17) is 17.3 Å². The SMILES string of the molecule is CCCCc1ccc(Nc2ncc(N)cc2Cl)cc1. The molecule has 100 valence electrons. The maximum atomic E-state index is 6.07. The molecule has 0 radical (unpaired) electrons. The summed E-state index contributed by atoms with van der Waals surface area (Å²) >= 11 is 6.07. The second-order valence-electron chi connectivity index (χ2n) is 4.52. The molecular formula is C15H18ClN3. The first-order valence-electron chi connectivity index (χ1n) is 6.46. The van der Waals surface area contributed by atoms with Gasteiger partial charge in [-0.1, -0.05) is 37.1 Å². The van der Waals surface area contributed by atoms with Crippen molar-refractivity contribution >= 4 is 28.8 Å². The number of benzene rings is 1. The second-order valence-corrected chi connectivity index (χ2v) is 4.93. The van der Waals surface area contributed by atoms with E-state index >= 15 is 0 Å². The Bertz CT molecular complexity index is 538. The fourth-order valence-electron chi connectivity index (χ4n) is 1.82. The van der Waals surface area contributed by atoms with Crippen molar-refractivity contribution in [1.82, 2.24) is 4.98 Å². The van der Waals surface area contributed by atoms with Gasteiger partial charge in [0, 0.05) is 5.69 Å². The zero-order valence-corrected chi connectivity index (χ0v) is 11.7. The van der Waals surface area contributed by atoms with Crippen LogP contribution in [-0.4, -0.2) is 4.98 Å². The van der Waals surface area contributed by atoms with E-state index in [1.54, 1.807) is 12.3 Å². The summed E-state index contributed by atoms with van der Waals surface area (Å²) in [5.41, 5.74) is 8.50. The van der Waals surface area contributed by atoms with E-state index in [1.165, 1.54) is 18.4 Å². The van der Waals surface area contributed by atoms with E-state index in [9.17, 15) is 0 Å². The first kappa shape index (κ1) is 13.7. The number of nitrogen functional groups attached to an aromatic ring is 1. The highest BCUT2D eigenvalue weighted by Crippen LogP contribution is 2.24. The predicted molar refractivity (Wildman–Crippen MR) is 82.0 cm³/mol. The zero-order valence-electron chi connectivity index (χ0n) is 11.0. The molecule has 0 fully saturated rings. The zero-order chi connectivity index (χ0) is 13.7. The van der Waals surface area contributed by atoms with E-state index in [2.05, 4.69) is 29.4 Å². The largest absolute Gasteiger partial charge is 0.397 e. The average Bonchev–Trinajstić information content (AvgIpc) is 2.41. The third-order valence-electron chi connectivity index (χ3n) is 2.90. The summed E-state index contributed by atoms with van der Waals surface area (Å²) in [5.74, 6) is 0.622. The second kappa shape index (κ2) is 6.43. The Kier molecular flexibility index (Phi) is 4.63. The van der Waals surface area contributed by atoms with E-state index in [0.29, 0.717) is 16.5 Å². The molecule has 0 saturated carbocycles. The van der Waals surface area contributed by atoms with Gasteiger partial charge in [0.1, 0.15) is 5.82 Å². The number of hydrogen-bond donors (Lipinski definition) is 2. The first-order valence-corrected chi connectivity index (χ1v) is 6.84. The Hall–Kier alpha value is -1.74. The van der Waals surface area contributed by atoms with Gasteiger partial charge in [-0.3, -0.25) is 0 Å². The molecule has 2 aromatic rings. The van der Waals surface area contributed by atoms with Crippen LogP contribution in [0.3, 0.4) is 0 Å². The van der Waals surface area contributed by atoms with Crippen molar-refractivity contribution in [3.63, 3.8) is 0 Å². The lowest BCUT2D eigenvalue weighted by molar-refractivity contribution is 0.795. The number of rotatable bonds is 5. The van der Waals surface area contributed by atoms with Crippen LogP contribution < -0.4 is 11.1 Å². The predicted octanol–water partition coefficient (Wildman–Crippen LogP) is 4.40. The van der Waals surface area contributed by atoms with Crippen molar-refractivity contribution < 1.29 is 0 Å². The molecule has 1 aromatic carbocycles. The van der Waals surface area contributed by atoms with Gasteiger partial charge in [-0.15, -0.1) is 0 Å². The molecule has 2 rings (SSSR count). The number of hydrogen-bond acceptors (Lipinski definition) is 3. The van der Waals surface area contributed by atoms with Crippen LogP contribution in [0.2, 0.25) is 5.02 Å². The van der Waals surface area contributed by atoms with E-state index in [0.717, 1.165) is 12.1 Å². The molecule has 3 N–H and O–H groups in total. The summed E-state index contributed by atoms with van der Waals surface area (Å²) in [6, 6.07) is 10.0. The molecule has 0 aliphatic carbocycles. The van der Waals surface area contributed by atoms with E-state index < -0.39 is 0 Å². The molecule has 0 atom stereocenters. The molecule has 0 aliphatic rings. The Morgan fingerprint density at radius 2 is 2.00 bits per heavy atom. The monoisotopic (exact) mass is 275 g/mol. The minimum atomic E-state index is 0.523. The molecule has 0 amide bonds. The van der Waals surface area contributed by atoms with Gasteiger partial charge in [0.2, 0.25) is 0 Å². The van der Waals surface area contributed by atoms with Gasteiger partial charge in [-0.25, -0.2) is 4.98 Å². The summed E-state index contributed by atoms with van der Waals surface area (Å²) in [6.07, 6.45) is 5.14. The molecule has 1 aromatic heterocycles. The molecule has 4 heteroatoms. The van der Waals surface area contributed by atoms with Crippen molar-refractivity contribution in [2.45, 2.75) is 26.2 Å². The van der Waals surface area contributed by atoms with Crippen molar-refractivity contribution in [1.29, 1.82) is 0 Å². The third kappa shape index (κ3) is 3.86. The molecule has 0 unspecified atom stereocenters. The summed E-state index contributed by atoms with van der Waals surface area (Å²) in [5, 5.41) is 3.71. The van der Waals surface area contributed by atoms with Crippen LogP contribution >= 0.6 is 11.6 Å². The number of aromatic nitrogens is 1. The summed E-state index contributed by atoms with van der Waals surface area (Å²) in [4.78, 5) is 4.18. The molecule has 0 spiro atoms. The lowest BCUT2D eigenvalue weighted by atomic mass is 10.1. The van der Waals surface area contributed by atoms with Crippen molar-refractivity contribution in [3.8, 4) is 0 Å². The van der Waals surface area contributed by atoms with Crippen molar-refractivity contribution in [2.75, 3.05) is 11.1 Å². The number of nitrogens with zero attached hydrogens (tertiary/aromatic N) is 1. The molecule has 19 heavy (non-hydrogen) atoms. The maximum Gasteiger partial charge on any atom is 0.149 e. The summed E-state index contributed by atoms with van der Waals surface area (Å²) < 4.78 is 0. The van der Waals surface area contributed by atoms with E-state index in [1.807, 2.05) is 12.1 Å². The van der Waals surface area contributed by atoms with Gasteiger partial charge in [-0.05, 0) is 36.6 Å². The van der Waals surface area contributed by atoms with Crippen LogP contribution in [0.1, 0.15) is 25.3 Å². The Balaban J connectivity index is 2.06. The molecule has 3 nitrogen and oxygen atoms in total. The van der Waals surface area contributed by atoms with E-state index in [-0.39, 0.29) is 0 Å². The van der Waals surface area contributed by atoms with Crippen LogP contribution in [0.4, 0.5) is 17.2 Å². The Labute approximate surface area is 118 Å². The van der Waals surface area contributed by atoms with Gasteiger partial charge in [0.05, 0.1) is 16.9 Å². The fourth-order valence-corrected chi connectivity index (χ4v) is 2.04. The van der Waals surface area contributed by atoms with Gasteiger partial charge < -0.3 is 11.1 Å². The molecule has 1 heterocycles. The number of pyridine rings is 1. The van der Waals surface area contributed by atoms with Gasteiger partial charge in [0.25, 0.3) is 0 Å². The Morgan fingerprint density at radius 1 is 1.26 bits per heavy atom. The van der Waals surface area contributed by atoms with Gasteiger partial charge >= 0.3 is 0 Å². The van der Waals surface area contributed by atoms with Crippen molar-refractivity contribution in [3.05, 3.63) is 47.1 Å². The number of nitrogens with two attached hydrogens (primary N) is 1. The smallest absolute Gasteiger partial charge is 0.149 e. The van der Waals surface area contributed by atoms with Crippen molar-refractivity contribution in [2.24, 2.45) is 0 Å². The van der Waals surface area contributed by atoms with Crippen LogP contribution in [0.15, 0.2) is 36.5 Å². The van der Waals surface area contributed by atoms with Crippen LogP contribution in [0, 0.1) is 0 Å². The van der Waals surface area contributed by atoms with Gasteiger partial charge in [-0.2, -0.15) is 0 Å². The third-order valence-corrected chi connectivity index (χ3v) is 3.19. The molecule has 0 bridgehead atoms. The number of aryl methyl sites for hydroxylation is 1. The molecule has 0 saturated heterocycles. The minimum absolute atomic E-state index is 0.523. The summed E-state index contributed by atoms with van der Waals surface area (Å²) in [6.45, 7) is 2.20. The molecule has 0 aliphatic heterocycles. The van der Waals surface area contributed by atoms with Crippen LogP contribution in [0.5, 0.6) is 0 Å². The molecular weight excluding hydrogens is 258 g/mol. The first-order chi connectivity index (χ1) is 9.19. The standard InChI is InChI=1S/C15H18ClN3/c1-2-3-4-11-5-7-13(8-6-11)19-15-14(16)9-12(17)10-18-15/h5-10H,2-4,17H2,1H3,(H,18,19). The minimum Gasteiger partial charge on any atom is -0.397 e. The highest BCUT2D eigenvalue weighted by atomic mass is 35.5. The van der Waals surface area contributed by atoms with Gasteiger partial charge in [0.15, 0.2) is 0 Å². The number of nitrogens with one attached hydrogen (secondary N) is 1. The Morgan fingerprint density at radius 3 is 2.63 bits per heavy atom. The highest BCUT2D eigenvalue weighted by Gasteiger charge is 2.03. The fraction of sp³-hybridized carbons (Fsp3) is 0.267. The lowest BCUT2D eigenvalue weighted by Gasteiger charge is -2.08. The number of anilines is 3. The number of halogens is 1. The van der Waals surface area contributed by atoms with Crippen LogP contribution in [0.25, 0.3) is 0 Å². The lowest BCUT2D eigenvalue weighted by Crippen LogP contribution is -1.96. The number of unbranched alkanes of at least 4 members (excludes halogenated alkanes) is 1. The topological polar surface area (TPSA) is 50.9 Å². The average molecular weight is 276 g/mol. The maximum absolute atomic E-state index is 6.07. The highest BCUT2D eigenvalue weighted by molar-refractivity contribution is 6.33. The van der Waals surface area contributed by atoms with Crippen LogP contribution in [-0.2, 0) is 6.42 Å². The quantitative estimate of drug-likeness (QED) is 0.850. The normalized spacial score (nSPS) is 10.4. The summed E-state index contributed by atoms with van der Waals surface area (Å²) in [7, 11) is 0.